The second kappa shape index (κ2) is 7.47. The molecule has 4 rings (SSSR count). The first-order chi connectivity index (χ1) is 12.8. The van der Waals surface area contributed by atoms with Crippen LogP contribution in [0.1, 0.15) is 35.2 Å². The zero-order valence-electron chi connectivity index (χ0n) is 14.4. The number of ether oxygens (including phenoxy) is 2. The van der Waals surface area contributed by atoms with Crippen molar-refractivity contribution in [3.63, 3.8) is 0 Å². The summed E-state index contributed by atoms with van der Waals surface area (Å²) in [6.07, 6.45) is 3.39. The third-order valence-electron chi connectivity index (χ3n) is 4.51. The molecule has 0 spiro atoms. The van der Waals surface area contributed by atoms with Gasteiger partial charge in [-0.15, -0.1) is 0 Å². The molecule has 0 unspecified atom stereocenters. The maximum Gasteiger partial charge on any atom is 0.365 e. The van der Waals surface area contributed by atoms with Crippen molar-refractivity contribution in [2.45, 2.75) is 19.3 Å². The number of amidine groups is 1. The molecule has 0 bridgehead atoms. The summed E-state index contributed by atoms with van der Waals surface area (Å²) in [5.41, 5.74) is 1.32. The lowest BCUT2D eigenvalue weighted by atomic mass is 10.1. The van der Waals surface area contributed by atoms with Crippen LogP contribution in [-0.2, 0) is 4.84 Å². The highest BCUT2D eigenvalue weighted by Gasteiger charge is 2.21. The van der Waals surface area contributed by atoms with Crippen LogP contribution in [0.4, 0.5) is 0 Å². The van der Waals surface area contributed by atoms with E-state index in [1.165, 1.54) is 6.42 Å². The summed E-state index contributed by atoms with van der Waals surface area (Å²) < 4.78 is 10.8. The summed E-state index contributed by atoms with van der Waals surface area (Å²) in [6, 6.07) is 14.5. The van der Waals surface area contributed by atoms with Crippen LogP contribution in [0, 0.1) is 0 Å². The summed E-state index contributed by atoms with van der Waals surface area (Å²) in [6.45, 7) is 1.99. The largest absolute Gasteiger partial charge is 0.454 e. The Balaban J connectivity index is 1.61. The molecule has 0 N–H and O–H groups in total. The average molecular weight is 352 g/mol. The lowest BCUT2D eigenvalue weighted by molar-refractivity contribution is 0.0509. The molecular weight excluding hydrogens is 332 g/mol. The Labute approximate surface area is 152 Å². The number of hydrogen-bond donors (Lipinski definition) is 0. The Morgan fingerprint density at radius 2 is 1.69 bits per heavy atom. The van der Waals surface area contributed by atoms with Gasteiger partial charge in [0.05, 0.1) is 5.56 Å². The number of nitrogens with zero attached hydrogens (tertiary/aromatic N) is 2. The first-order valence-electron chi connectivity index (χ1n) is 8.80. The number of carbonyl (C=O) groups excluding carboxylic acids is 1. The van der Waals surface area contributed by atoms with E-state index >= 15 is 0 Å². The Kier molecular flexibility index (Phi) is 4.73. The van der Waals surface area contributed by atoms with Crippen LogP contribution in [0.25, 0.3) is 0 Å². The van der Waals surface area contributed by atoms with Crippen molar-refractivity contribution < 1.29 is 19.1 Å². The molecular formula is C20H20N2O4. The van der Waals surface area contributed by atoms with E-state index in [2.05, 4.69) is 10.1 Å². The molecule has 0 atom stereocenters. The predicted molar refractivity (Wildman–Crippen MR) is 96.4 cm³/mol. The summed E-state index contributed by atoms with van der Waals surface area (Å²) in [7, 11) is 0. The van der Waals surface area contributed by atoms with Gasteiger partial charge < -0.3 is 19.2 Å². The van der Waals surface area contributed by atoms with E-state index in [0.29, 0.717) is 22.9 Å². The van der Waals surface area contributed by atoms with Crippen molar-refractivity contribution in [2.24, 2.45) is 5.16 Å². The van der Waals surface area contributed by atoms with E-state index < -0.39 is 5.97 Å². The first kappa shape index (κ1) is 16.4. The van der Waals surface area contributed by atoms with E-state index in [4.69, 9.17) is 14.3 Å². The van der Waals surface area contributed by atoms with Gasteiger partial charge in [0.1, 0.15) is 0 Å². The zero-order chi connectivity index (χ0) is 17.8. The third kappa shape index (κ3) is 3.49. The zero-order valence-corrected chi connectivity index (χ0v) is 14.4. The SMILES string of the molecule is O=C(ON=C(c1ccc2c(c1)OCO2)N1CCCCC1)c1ccccc1. The van der Waals surface area contributed by atoms with Gasteiger partial charge in [0, 0.05) is 18.7 Å². The highest BCUT2D eigenvalue weighted by atomic mass is 16.7. The third-order valence-corrected chi connectivity index (χ3v) is 4.51. The standard InChI is InChI=1S/C20H20N2O4/c23-20(15-7-3-1-4-8-15)26-21-19(22-11-5-2-6-12-22)16-9-10-17-18(13-16)25-14-24-17/h1,3-4,7-10,13H,2,5-6,11-12,14H2. The van der Waals surface area contributed by atoms with Gasteiger partial charge >= 0.3 is 5.97 Å². The van der Waals surface area contributed by atoms with E-state index in [1.54, 1.807) is 24.3 Å². The molecule has 0 aliphatic carbocycles. The van der Waals surface area contributed by atoms with Gasteiger partial charge in [0.2, 0.25) is 6.79 Å². The molecule has 6 heteroatoms. The molecule has 26 heavy (non-hydrogen) atoms. The number of likely N-dealkylation sites (tertiary alicyclic amines) is 1. The highest BCUT2D eigenvalue weighted by Crippen LogP contribution is 2.33. The molecule has 0 saturated carbocycles. The van der Waals surface area contributed by atoms with E-state index in [0.717, 1.165) is 31.5 Å². The van der Waals surface area contributed by atoms with E-state index in [-0.39, 0.29) is 6.79 Å². The smallest absolute Gasteiger partial charge is 0.365 e. The van der Waals surface area contributed by atoms with Crippen LogP contribution in [0.2, 0.25) is 0 Å². The van der Waals surface area contributed by atoms with Crippen LogP contribution < -0.4 is 9.47 Å². The number of piperidine rings is 1. The van der Waals surface area contributed by atoms with Crippen LogP contribution in [0.5, 0.6) is 11.5 Å². The average Bonchev–Trinajstić information content (AvgIpc) is 3.17. The van der Waals surface area contributed by atoms with Crippen LogP contribution in [-0.4, -0.2) is 36.6 Å². The fourth-order valence-electron chi connectivity index (χ4n) is 3.15. The number of hydrogen-bond acceptors (Lipinski definition) is 5. The van der Waals surface area contributed by atoms with Gasteiger partial charge in [-0.05, 0) is 49.6 Å². The fraction of sp³-hybridized carbons (Fsp3) is 0.300. The lowest BCUT2D eigenvalue weighted by Gasteiger charge is -2.29. The molecule has 2 heterocycles. The minimum absolute atomic E-state index is 0.220. The number of benzene rings is 2. The topological polar surface area (TPSA) is 60.4 Å². The van der Waals surface area contributed by atoms with Gasteiger partial charge in [0.15, 0.2) is 17.3 Å². The molecule has 0 aromatic heterocycles. The number of fused-ring (bicyclic) bond motifs is 1. The van der Waals surface area contributed by atoms with Crippen LogP contribution in [0.3, 0.4) is 0 Å². The number of carbonyl (C=O) groups is 1. The van der Waals surface area contributed by atoms with Crippen molar-refractivity contribution in [3.8, 4) is 11.5 Å². The molecule has 134 valence electrons. The maximum atomic E-state index is 12.3. The minimum Gasteiger partial charge on any atom is -0.454 e. The second-order valence-electron chi connectivity index (χ2n) is 6.28. The highest BCUT2D eigenvalue weighted by molar-refractivity contribution is 6.00. The van der Waals surface area contributed by atoms with Crippen LogP contribution in [0.15, 0.2) is 53.7 Å². The van der Waals surface area contributed by atoms with E-state index in [1.807, 2.05) is 24.3 Å². The van der Waals surface area contributed by atoms with Crippen molar-refractivity contribution in [3.05, 3.63) is 59.7 Å². The molecule has 2 aliphatic rings. The Hall–Kier alpha value is -3.02. The number of rotatable bonds is 3. The first-order valence-corrected chi connectivity index (χ1v) is 8.80. The molecule has 0 amide bonds. The summed E-state index contributed by atoms with van der Waals surface area (Å²) >= 11 is 0. The lowest BCUT2D eigenvalue weighted by Crippen LogP contribution is -2.36. The summed E-state index contributed by atoms with van der Waals surface area (Å²) in [5, 5.41) is 4.22. The van der Waals surface area contributed by atoms with Gasteiger partial charge in [0.25, 0.3) is 0 Å². The van der Waals surface area contributed by atoms with Crippen molar-refractivity contribution in [1.82, 2.24) is 4.90 Å². The molecule has 2 aromatic rings. The molecule has 0 radical (unpaired) electrons. The fourth-order valence-corrected chi connectivity index (χ4v) is 3.15. The summed E-state index contributed by atoms with van der Waals surface area (Å²) in [4.78, 5) is 19.7. The maximum absolute atomic E-state index is 12.3. The van der Waals surface area contributed by atoms with Gasteiger partial charge in [-0.1, -0.05) is 23.4 Å². The monoisotopic (exact) mass is 352 g/mol. The Bertz CT molecular complexity index is 814. The van der Waals surface area contributed by atoms with Crippen molar-refractivity contribution >= 4 is 11.8 Å². The molecule has 1 saturated heterocycles. The Morgan fingerprint density at radius 3 is 2.50 bits per heavy atom. The molecule has 6 nitrogen and oxygen atoms in total. The second-order valence-corrected chi connectivity index (χ2v) is 6.28. The van der Waals surface area contributed by atoms with Crippen molar-refractivity contribution in [2.75, 3.05) is 19.9 Å². The van der Waals surface area contributed by atoms with Crippen molar-refractivity contribution in [1.29, 1.82) is 0 Å². The molecule has 1 fully saturated rings. The minimum atomic E-state index is -0.471. The molecule has 2 aromatic carbocycles. The predicted octanol–water partition coefficient (Wildman–Crippen LogP) is 3.42. The Morgan fingerprint density at radius 1 is 0.923 bits per heavy atom. The van der Waals surface area contributed by atoms with Gasteiger partial charge in [-0.2, -0.15) is 0 Å². The van der Waals surface area contributed by atoms with Crippen LogP contribution >= 0.6 is 0 Å². The van der Waals surface area contributed by atoms with Gasteiger partial charge in [-0.3, -0.25) is 0 Å². The normalized spacial score (nSPS) is 16.5. The number of oxime groups is 1. The molecule has 2 aliphatic heterocycles. The quantitative estimate of drug-likeness (QED) is 0.367. The summed E-state index contributed by atoms with van der Waals surface area (Å²) in [5.74, 6) is 1.57. The van der Waals surface area contributed by atoms with Gasteiger partial charge in [-0.25, -0.2) is 4.79 Å². The van der Waals surface area contributed by atoms with E-state index in [9.17, 15) is 4.79 Å².